The monoisotopic (exact) mass is 311 g/mol. The summed E-state index contributed by atoms with van der Waals surface area (Å²) in [6, 6.07) is 15.5. The van der Waals surface area contributed by atoms with Crippen LogP contribution in [0, 0.1) is 7.05 Å². The molecule has 0 N–H and O–H groups in total. The SMILES string of the molecule is [CH-][n+]1snc(-c2ccc(OC)cc2)c1-c1ccc(OC)cc1. The number of rotatable bonds is 4. The summed E-state index contributed by atoms with van der Waals surface area (Å²) in [5, 5.41) is 0. The largest absolute Gasteiger partial charge is 0.497 e. The van der Waals surface area contributed by atoms with Crippen LogP contribution in [0.5, 0.6) is 11.5 Å². The minimum absolute atomic E-state index is 0.807. The number of aromatic nitrogens is 2. The van der Waals surface area contributed by atoms with Gasteiger partial charge in [0.2, 0.25) is 11.7 Å². The zero-order chi connectivity index (χ0) is 15.5. The zero-order valence-electron chi connectivity index (χ0n) is 12.3. The van der Waals surface area contributed by atoms with Gasteiger partial charge in [-0.3, -0.25) is 0 Å². The second kappa shape index (κ2) is 6.07. The number of nitrogens with zero attached hydrogens (tertiary/aromatic N) is 2. The van der Waals surface area contributed by atoms with E-state index in [1.807, 2.05) is 48.5 Å². The van der Waals surface area contributed by atoms with Crippen molar-refractivity contribution in [2.24, 2.45) is 0 Å². The van der Waals surface area contributed by atoms with Gasteiger partial charge in [-0.1, -0.05) is 24.7 Å². The van der Waals surface area contributed by atoms with E-state index < -0.39 is 0 Å². The molecular weight excluding hydrogens is 296 g/mol. The molecule has 1 heterocycles. The lowest BCUT2D eigenvalue weighted by atomic mass is 10.0. The van der Waals surface area contributed by atoms with Crippen LogP contribution in [-0.4, -0.2) is 18.6 Å². The molecule has 0 bridgehead atoms. The van der Waals surface area contributed by atoms with Crippen LogP contribution in [0.3, 0.4) is 0 Å². The van der Waals surface area contributed by atoms with Crippen molar-refractivity contribution in [3.8, 4) is 34.0 Å². The second-order valence-electron chi connectivity index (χ2n) is 4.65. The van der Waals surface area contributed by atoms with Gasteiger partial charge in [0.05, 0.1) is 19.9 Å². The van der Waals surface area contributed by atoms with Gasteiger partial charge < -0.3 is 13.4 Å². The van der Waals surface area contributed by atoms with E-state index in [1.54, 1.807) is 18.2 Å². The first-order valence-electron chi connectivity index (χ1n) is 6.69. The molecule has 111 valence electrons. The molecule has 0 amide bonds. The van der Waals surface area contributed by atoms with Crippen LogP contribution < -0.4 is 13.4 Å². The van der Waals surface area contributed by atoms with E-state index in [1.165, 1.54) is 11.7 Å². The molecule has 0 saturated carbocycles. The molecule has 22 heavy (non-hydrogen) atoms. The van der Waals surface area contributed by atoms with Crippen molar-refractivity contribution in [3.63, 3.8) is 0 Å². The Morgan fingerprint density at radius 2 is 1.36 bits per heavy atom. The lowest BCUT2D eigenvalue weighted by Gasteiger charge is -2.08. The van der Waals surface area contributed by atoms with E-state index in [4.69, 9.17) is 16.5 Å². The molecule has 0 aliphatic heterocycles. The first-order chi connectivity index (χ1) is 10.7. The van der Waals surface area contributed by atoms with Crippen LogP contribution in [0.1, 0.15) is 0 Å². The fourth-order valence-corrected chi connectivity index (χ4v) is 2.86. The van der Waals surface area contributed by atoms with Gasteiger partial charge in [0.25, 0.3) is 0 Å². The fourth-order valence-electron chi connectivity index (χ4n) is 2.22. The molecule has 0 atom stereocenters. The maximum Gasteiger partial charge on any atom is 0.243 e. The number of methoxy groups -OCH3 is 2. The first kappa shape index (κ1) is 14.4. The van der Waals surface area contributed by atoms with Gasteiger partial charge in [-0.15, -0.1) is 0 Å². The molecule has 0 aliphatic rings. The molecule has 3 rings (SSSR count). The normalized spacial score (nSPS) is 10.5. The second-order valence-corrected chi connectivity index (χ2v) is 5.39. The molecule has 5 heteroatoms. The smallest absolute Gasteiger partial charge is 0.243 e. The maximum atomic E-state index is 6.05. The predicted octanol–water partition coefficient (Wildman–Crippen LogP) is 3.30. The third-order valence-electron chi connectivity index (χ3n) is 3.39. The Morgan fingerprint density at radius 3 is 1.86 bits per heavy atom. The summed E-state index contributed by atoms with van der Waals surface area (Å²) in [4.78, 5) is 0. The van der Waals surface area contributed by atoms with Crippen molar-refractivity contribution in [3.05, 3.63) is 55.6 Å². The number of benzene rings is 2. The van der Waals surface area contributed by atoms with Crippen LogP contribution in [0.4, 0.5) is 0 Å². The van der Waals surface area contributed by atoms with Gasteiger partial charge >= 0.3 is 0 Å². The standard InChI is InChI=1S/C17H15N2O2S/c1-19-17(13-6-10-15(21-3)11-7-13)16(18-22-19)12-4-8-14(20-2)9-5-12/h1,4-11H,2-3H3. The van der Waals surface area contributed by atoms with Crippen molar-refractivity contribution in [2.75, 3.05) is 14.2 Å². The average molecular weight is 311 g/mol. The Kier molecular flexibility index (Phi) is 3.98. The fraction of sp³-hybridized carbons (Fsp3) is 0.118. The summed E-state index contributed by atoms with van der Waals surface area (Å²) in [7, 11) is 9.35. The van der Waals surface area contributed by atoms with Gasteiger partial charge in [0, 0.05) is 9.94 Å². The summed E-state index contributed by atoms with van der Waals surface area (Å²) >= 11 is 1.22. The van der Waals surface area contributed by atoms with Crippen LogP contribution in [0.2, 0.25) is 0 Å². The highest BCUT2D eigenvalue weighted by Gasteiger charge is 2.15. The highest BCUT2D eigenvalue weighted by Crippen LogP contribution is 2.30. The quantitative estimate of drug-likeness (QED) is 0.548. The minimum atomic E-state index is 0.807. The maximum absolute atomic E-state index is 6.05. The Balaban J connectivity index is 2.05. The molecule has 0 spiro atoms. The lowest BCUT2D eigenvalue weighted by molar-refractivity contribution is -0.525. The number of hydrogen-bond acceptors (Lipinski definition) is 4. The van der Waals surface area contributed by atoms with Crippen LogP contribution in [0.15, 0.2) is 48.5 Å². The summed E-state index contributed by atoms with van der Waals surface area (Å²) in [5.74, 6) is 1.62. The molecule has 4 nitrogen and oxygen atoms in total. The van der Waals surface area contributed by atoms with E-state index in [-0.39, 0.29) is 0 Å². The molecule has 0 saturated heterocycles. The topological polar surface area (TPSA) is 35.2 Å². The Bertz CT molecular complexity index is 764. The molecule has 2 aromatic carbocycles. The molecular formula is C17H15N2O2S. The average Bonchev–Trinajstić information content (AvgIpc) is 2.96. The Morgan fingerprint density at radius 1 is 0.864 bits per heavy atom. The van der Waals surface area contributed by atoms with Crippen molar-refractivity contribution >= 4 is 11.7 Å². The van der Waals surface area contributed by atoms with Crippen molar-refractivity contribution in [2.45, 2.75) is 0 Å². The van der Waals surface area contributed by atoms with Crippen LogP contribution in [-0.2, 0) is 0 Å². The van der Waals surface area contributed by atoms with Crippen LogP contribution >= 0.6 is 11.7 Å². The molecule has 1 radical (unpaired) electrons. The van der Waals surface area contributed by atoms with E-state index in [2.05, 4.69) is 4.37 Å². The predicted molar refractivity (Wildman–Crippen MR) is 86.0 cm³/mol. The Labute approximate surface area is 133 Å². The van der Waals surface area contributed by atoms with E-state index >= 15 is 0 Å². The molecule has 0 aliphatic carbocycles. The van der Waals surface area contributed by atoms with Crippen molar-refractivity contribution in [1.82, 2.24) is 4.37 Å². The molecule has 3 aromatic rings. The summed E-state index contributed by atoms with van der Waals surface area (Å²) in [6.45, 7) is 0. The molecule has 0 fully saturated rings. The highest BCUT2D eigenvalue weighted by molar-refractivity contribution is 6.95. The van der Waals surface area contributed by atoms with Crippen molar-refractivity contribution < 1.29 is 13.4 Å². The number of hydrogen-bond donors (Lipinski definition) is 0. The Hall–Kier alpha value is -2.53. The molecule has 1 aromatic heterocycles. The van der Waals surface area contributed by atoms with Gasteiger partial charge in [0.1, 0.15) is 11.5 Å². The van der Waals surface area contributed by atoms with E-state index in [0.717, 1.165) is 34.0 Å². The lowest BCUT2D eigenvalue weighted by Crippen LogP contribution is -2.21. The highest BCUT2D eigenvalue weighted by atomic mass is 32.1. The van der Waals surface area contributed by atoms with Crippen LogP contribution in [0.25, 0.3) is 22.5 Å². The first-order valence-corrected chi connectivity index (χ1v) is 7.42. The molecule has 0 unspecified atom stereocenters. The zero-order valence-corrected chi connectivity index (χ0v) is 13.1. The summed E-state index contributed by atoms with van der Waals surface area (Å²) in [5.41, 5.74) is 3.70. The third-order valence-corrected chi connectivity index (χ3v) is 4.01. The van der Waals surface area contributed by atoms with Gasteiger partial charge in [-0.2, -0.15) is 0 Å². The third kappa shape index (κ3) is 2.63. The van der Waals surface area contributed by atoms with Gasteiger partial charge in [-0.25, -0.2) is 0 Å². The van der Waals surface area contributed by atoms with Crippen molar-refractivity contribution in [1.29, 1.82) is 0 Å². The minimum Gasteiger partial charge on any atom is -0.497 e. The van der Waals surface area contributed by atoms with E-state index in [0.29, 0.717) is 0 Å². The summed E-state index contributed by atoms with van der Waals surface area (Å²) in [6.07, 6.45) is 0. The van der Waals surface area contributed by atoms with E-state index in [9.17, 15) is 0 Å². The van der Waals surface area contributed by atoms with Gasteiger partial charge in [-0.05, 0) is 36.4 Å². The van der Waals surface area contributed by atoms with Gasteiger partial charge in [0.15, 0.2) is 5.69 Å². The summed E-state index contributed by atoms with van der Waals surface area (Å²) < 4.78 is 16.4. The number of ether oxygens (including phenoxy) is 2.